The van der Waals surface area contributed by atoms with Crippen LogP contribution >= 0.6 is 11.3 Å². The lowest BCUT2D eigenvalue weighted by atomic mass is 10.2. The number of ether oxygens (including phenoxy) is 1. The van der Waals surface area contributed by atoms with E-state index in [1.54, 1.807) is 23.5 Å². The number of aromatic nitrogens is 1. The first-order valence-corrected chi connectivity index (χ1v) is 10.8. The van der Waals surface area contributed by atoms with Gasteiger partial charge in [0.15, 0.2) is 0 Å². The number of nitrogens with zero attached hydrogens (tertiary/aromatic N) is 2. The minimum Gasteiger partial charge on any atom is -0.487 e. The Labute approximate surface area is 176 Å². The molecule has 5 nitrogen and oxygen atoms in total. The van der Waals surface area contributed by atoms with Crippen molar-refractivity contribution in [3.63, 3.8) is 0 Å². The summed E-state index contributed by atoms with van der Waals surface area (Å²) in [6.45, 7) is 6.99. The van der Waals surface area contributed by atoms with Crippen molar-refractivity contribution in [1.29, 1.82) is 0 Å². The summed E-state index contributed by atoms with van der Waals surface area (Å²) in [5.74, 6) is 0.590. The molecule has 0 bridgehead atoms. The number of hydrogen-bond acceptors (Lipinski definition) is 5. The number of benzene rings is 2. The molecule has 152 valence electrons. The number of carbonyl (C=O) groups excluding carboxylic acids is 1. The molecule has 1 N–H and O–H groups in total. The Morgan fingerprint density at radius 2 is 2.00 bits per heavy atom. The maximum Gasteiger partial charge on any atom is 0.251 e. The van der Waals surface area contributed by atoms with Crippen molar-refractivity contribution in [3.8, 4) is 5.75 Å². The minimum atomic E-state index is -0.0808. The van der Waals surface area contributed by atoms with E-state index in [0.717, 1.165) is 30.2 Å². The van der Waals surface area contributed by atoms with Gasteiger partial charge in [0, 0.05) is 36.3 Å². The summed E-state index contributed by atoms with van der Waals surface area (Å²) in [4.78, 5) is 19.2. The van der Waals surface area contributed by atoms with Gasteiger partial charge < -0.3 is 15.0 Å². The first kappa shape index (κ1) is 20.9. The SMILES string of the molecule is CCN(CCCNC(=O)c1cccc(OCc2csc(C)n2)c1)c1ccccc1. The molecule has 1 aromatic heterocycles. The molecule has 0 radical (unpaired) electrons. The molecule has 1 amide bonds. The van der Waals surface area contributed by atoms with Crippen molar-refractivity contribution in [2.75, 3.05) is 24.5 Å². The van der Waals surface area contributed by atoms with Gasteiger partial charge in [-0.2, -0.15) is 0 Å². The first-order chi connectivity index (χ1) is 14.2. The second-order valence-electron chi connectivity index (χ2n) is 6.70. The largest absolute Gasteiger partial charge is 0.487 e. The highest BCUT2D eigenvalue weighted by molar-refractivity contribution is 7.09. The maximum atomic E-state index is 12.5. The number of rotatable bonds is 10. The average Bonchev–Trinajstić information content (AvgIpc) is 3.18. The van der Waals surface area contributed by atoms with Crippen LogP contribution < -0.4 is 15.0 Å². The Balaban J connectivity index is 1.45. The van der Waals surface area contributed by atoms with E-state index < -0.39 is 0 Å². The lowest BCUT2D eigenvalue weighted by molar-refractivity contribution is 0.0953. The zero-order valence-corrected chi connectivity index (χ0v) is 17.7. The molecule has 0 aliphatic rings. The second kappa shape index (κ2) is 10.6. The molecule has 1 heterocycles. The molecular weight excluding hydrogens is 382 g/mol. The van der Waals surface area contributed by atoms with Crippen LogP contribution in [-0.4, -0.2) is 30.5 Å². The molecule has 0 aliphatic carbocycles. The number of nitrogens with one attached hydrogen (secondary N) is 1. The van der Waals surface area contributed by atoms with Gasteiger partial charge in [-0.3, -0.25) is 4.79 Å². The zero-order chi connectivity index (χ0) is 20.5. The number of para-hydroxylation sites is 1. The van der Waals surface area contributed by atoms with Crippen molar-refractivity contribution < 1.29 is 9.53 Å². The first-order valence-electron chi connectivity index (χ1n) is 9.87. The fourth-order valence-electron chi connectivity index (χ4n) is 3.04. The van der Waals surface area contributed by atoms with E-state index >= 15 is 0 Å². The standard InChI is InChI=1S/C23H27N3O2S/c1-3-26(21-10-5-4-6-11-21)14-8-13-24-23(27)19-9-7-12-22(15-19)28-16-20-17-29-18(2)25-20/h4-7,9-12,15,17H,3,8,13-14,16H2,1-2H3,(H,24,27). The van der Waals surface area contributed by atoms with Crippen LogP contribution in [0.1, 0.15) is 34.4 Å². The molecule has 0 aliphatic heterocycles. The quantitative estimate of drug-likeness (QED) is 0.494. The summed E-state index contributed by atoms with van der Waals surface area (Å²) in [6.07, 6.45) is 0.883. The van der Waals surface area contributed by atoms with E-state index in [2.05, 4.69) is 34.3 Å². The average molecular weight is 410 g/mol. The normalized spacial score (nSPS) is 10.6. The fourth-order valence-corrected chi connectivity index (χ4v) is 3.64. The van der Waals surface area contributed by atoms with E-state index in [1.807, 2.05) is 42.6 Å². The van der Waals surface area contributed by atoms with Crippen molar-refractivity contribution in [3.05, 3.63) is 76.2 Å². The van der Waals surface area contributed by atoms with Crippen molar-refractivity contribution in [2.45, 2.75) is 26.9 Å². The predicted molar refractivity (Wildman–Crippen MR) is 119 cm³/mol. The third-order valence-electron chi connectivity index (χ3n) is 4.54. The van der Waals surface area contributed by atoms with Crippen LogP contribution in [0.25, 0.3) is 0 Å². The van der Waals surface area contributed by atoms with Gasteiger partial charge in [-0.05, 0) is 50.6 Å². The van der Waals surface area contributed by atoms with E-state index in [1.165, 1.54) is 5.69 Å². The number of amides is 1. The van der Waals surface area contributed by atoms with Crippen LogP contribution in [0.15, 0.2) is 60.0 Å². The maximum absolute atomic E-state index is 12.5. The molecule has 2 aromatic carbocycles. The van der Waals surface area contributed by atoms with Crippen LogP contribution in [0, 0.1) is 6.92 Å². The molecular formula is C23H27N3O2S. The topological polar surface area (TPSA) is 54.5 Å². The number of hydrogen-bond donors (Lipinski definition) is 1. The Kier molecular flexibility index (Phi) is 7.64. The third-order valence-corrected chi connectivity index (χ3v) is 5.37. The summed E-state index contributed by atoms with van der Waals surface area (Å²) < 4.78 is 5.77. The third kappa shape index (κ3) is 6.32. The smallest absolute Gasteiger partial charge is 0.251 e. The summed E-state index contributed by atoms with van der Waals surface area (Å²) in [7, 11) is 0. The molecule has 0 saturated heterocycles. The Hall–Kier alpha value is -2.86. The van der Waals surface area contributed by atoms with Crippen LogP contribution in [0.2, 0.25) is 0 Å². The van der Waals surface area contributed by atoms with Crippen molar-refractivity contribution >= 4 is 22.9 Å². The molecule has 3 aromatic rings. The van der Waals surface area contributed by atoms with Gasteiger partial charge >= 0.3 is 0 Å². The lowest BCUT2D eigenvalue weighted by Crippen LogP contribution is -2.29. The van der Waals surface area contributed by atoms with Gasteiger partial charge in [0.2, 0.25) is 0 Å². The number of anilines is 1. The second-order valence-corrected chi connectivity index (χ2v) is 7.76. The molecule has 29 heavy (non-hydrogen) atoms. The molecule has 0 fully saturated rings. The molecule has 0 spiro atoms. The van der Waals surface area contributed by atoms with Crippen LogP contribution in [0.3, 0.4) is 0 Å². The van der Waals surface area contributed by atoms with Gasteiger partial charge in [0.25, 0.3) is 5.91 Å². The zero-order valence-electron chi connectivity index (χ0n) is 16.9. The van der Waals surface area contributed by atoms with Gasteiger partial charge in [-0.25, -0.2) is 4.98 Å². The highest BCUT2D eigenvalue weighted by Gasteiger charge is 2.08. The minimum absolute atomic E-state index is 0.0808. The lowest BCUT2D eigenvalue weighted by Gasteiger charge is -2.23. The number of aryl methyl sites for hydroxylation is 1. The monoisotopic (exact) mass is 409 g/mol. The summed E-state index contributed by atoms with van der Waals surface area (Å²) in [5.41, 5.74) is 2.72. The molecule has 3 rings (SSSR count). The highest BCUT2D eigenvalue weighted by Crippen LogP contribution is 2.17. The van der Waals surface area contributed by atoms with Crippen molar-refractivity contribution in [2.24, 2.45) is 0 Å². The summed E-state index contributed by atoms with van der Waals surface area (Å²) >= 11 is 1.60. The van der Waals surface area contributed by atoms with E-state index in [-0.39, 0.29) is 5.91 Å². The van der Waals surface area contributed by atoms with Crippen molar-refractivity contribution in [1.82, 2.24) is 10.3 Å². The van der Waals surface area contributed by atoms with E-state index in [9.17, 15) is 4.79 Å². The van der Waals surface area contributed by atoms with Gasteiger partial charge in [0.05, 0.1) is 10.7 Å². The van der Waals surface area contributed by atoms with Gasteiger partial charge in [-0.1, -0.05) is 24.3 Å². The van der Waals surface area contributed by atoms with Crippen LogP contribution in [-0.2, 0) is 6.61 Å². The summed E-state index contributed by atoms with van der Waals surface area (Å²) in [6, 6.07) is 17.6. The Morgan fingerprint density at radius 3 is 2.72 bits per heavy atom. The fraction of sp³-hybridized carbons (Fsp3) is 0.304. The Bertz CT molecular complexity index is 911. The van der Waals surface area contributed by atoms with Gasteiger partial charge in [-0.15, -0.1) is 11.3 Å². The number of carbonyl (C=O) groups is 1. The summed E-state index contributed by atoms with van der Waals surface area (Å²) in [5, 5.41) is 6.01. The van der Waals surface area contributed by atoms with E-state index in [4.69, 9.17) is 4.74 Å². The van der Waals surface area contributed by atoms with Gasteiger partial charge in [0.1, 0.15) is 12.4 Å². The molecule has 0 atom stereocenters. The predicted octanol–water partition coefficient (Wildman–Crippen LogP) is 4.68. The number of thiazole rings is 1. The van der Waals surface area contributed by atoms with E-state index in [0.29, 0.717) is 24.5 Å². The van der Waals surface area contributed by atoms with Crippen LogP contribution in [0.5, 0.6) is 5.75 Å². The van der Waals surface area contributed by atoms with Crippen LogP contribution in [0.4, 0.5) is 5.69 Å². The Morgan fingerprint density at radius 1 is 1.17 bits per heavy atom. The molecule has 0 unspecified atom stereocenters. The molecule has 0 saturated carbocycles. The molecule has 6 heteroatoms. The highest BCUT2D eigenvalue weighted by atomic mass is 32.1.